The lowest BCUT2D eigenvalue weighted by atomic mass is 10.0. The summed E-state index contributed by atoms with van der Waals surface area (Å²) >= 11 is 6.72. The molecule has 0 saturated carbocycles. The predicted octanol–water partition coefficient (Wildman–Crippen LogP) is 3.55. The maximum Gasteiger partial charge on any atom is 0.359 e. The molecule has 1 amide bonds. The average Bonchev–Trinajstić information content (AvgIpc) is 2.95. The van der Waals surface area contributed by atoms with Crippen LogP contribution in [0.1, 0.15) is 18.1 Å². The summed E-state index contributed by atoms with van der Waals surface area (Å²) in [4.78, 5) is 29.7. The number of carbonyl (C=O) groups is 2. The van der Waals surface area contributed by atoms with E-state index in [1.165, 1.54) is 0 Å². The lowest BCUT2D eigenvalue weighted by Gasteiger charge is -2.24. The third-order valence-corrected chi connectivity index (χ3v) is 4.80. The molecular formula is C18H14Br2N2O3. The van der Waals surface area contributed by atoms with Gasteiger partial charge < -0.3 is 10.1 Å². The monoisotopic (exact) mass is 464 g/mol. The Kier molecular flexibility index (Phi) is 5.06. The van der Waals surface area contributed by atoms with E-state index < -0.39 is 17.5 Å². The van der Waals surface area contributed by atoms with E-state index in [4.69, 9.17) is 4.74 Å². The van der Waals surface area contributed by atoms with E-state index in [2.05, 4.69) is 42.2 Å². The summed E-state index contributed by atoms with van der Waals surface area (Å²) in [6.45, 7) is 1.90. The predicted molar refractivity (Wildman–Crippen MR) is 101 cm³/mol. The van der Waals surface area contributed by atoms with E-state index in [1.54, 1.807) is 43.3 Å². The van der Waals surface area contributed by atoms with Crippen molar-refractivity contribution in [1.29, 1.82) is 0 Å². The first-order valence-corrected chi connectivity index (χ1v) is 9.16. The highest BCUT2D eigenvalue weighted by molar-refractivity contribution is 9.10. The number of rotatable bonds is 4. The number of amides is 1. The van der Waals surface area contributed by atoms with Gasteiger partial charge in [0.1, 0.15) is 5.71 Å². The smallest absolute Gasteiger partial charge is 0.359 e. The second-order valence-corrected chi connectivity index (χ2v) is 7.19. The molecule has 1 aliphatic heterocycles. The van der Waals surface area contributed by atoms with Gasteiger partial charge in [0, 0.05) is 20.1 Å². The Labute approximate surface area is 161 Å². The van der Waals surface area contributed by atoms with Gasteiger partial charge in [0.2, 0.25) is 0 Å². The first kappa shape index (κ1) is 17.8. The molecule has 0 bridgehead atoms. The van der Waals surface area contributed by atoms with Crippen molar-refractivity contribution in [3.8, 4) is 0 Å². The Bertz CT molecular complexity index is 848. The van der Waals surface area contributed by atoms with Crippen molar-refractivity contribution in [2.45, 2.75) is 12.6 Å². The molecule has 1 unspecified atom stereocenters. The van der Waals surface area contributed by atoms with Crippen LogP contribution in [0, 0.1) is 0 Å². The summed E-state index contributed by atoms with van der Waals surface area (Å²) in [5.41, 5.74) is -0.210. The minimum absolute atomic E-state index is 0.191. The Morgan fingerprint density at radius 2 is 1.64 bits per heavy atom. The number of aliphatic imine (C=N–C) groups is 1. The summed E-state index contributed by atoms with van der Waals surface area (Å²) < 4.78 is 6.93. The van der Waals surface area contributed by atoms with Crippen molar-refractivity contribution in [3.63, 3.8) is 0 Å². The summed E-state index contributed by atoms with van der Waals surface area (Å²) in [5.74, 6) is -1.03. The zero-order chi connectivity index (χ0) is 18.0. The summed E-state index contributed by atoms with van der Waals surface area (Å²) in [6, 6.07) is 14.2. The summed E-state index contributed by atoms with van der Waals surface area (Å²) in [6.07, 6.45) is 0. The van der Waals surface area contributed by atoms with E-state index >= 15 is 0 Å². The number of benzene rings is 2. The van der Waals surface area contributed by atoms with Gasteiger partial charge in [-0.25, -0.2) is 9.79 Å². The molecule has 0 aliphatic carbocycles. The van der Waals surface area contributed by atoms with Crippen LogP contribution in [-0.4, -0.2) is 24.2 Å². The van der Waals surface area contributed by atoms with Gasteiger partial charge in [-0.3, -0.25) is 4.79 Å². The second kappa shape index (κ2) is 7.09. The van der Waals surface area contributed by atoms with Crippen LogP contribution in [0.15, 0.2) is 62.5 Å². The van der Waals surface area contributed by atoms with Crippen LogP contribution in [0.3, 0.4) is 0 Å². The topological polar surface area (TPSA) is 67.8 Å². The molecule has 1 N–H and O–H groups in total. The zero-order valence-electron chi connectivity index (χ0n) is 13.3. The van der Waals surface area contributed by atoms with E-state index in [0.29, 0.717) is 11.1 Å². The summed E-state index contributed by atoms with van der Waals surface area (Å²) in [5, 5.41) is 2.71. The fraction of sp³-hybridized carbons (Fsp3) is 0.167. The normalized spacial score (nSPS) is 19.3. The average molecular weight is 466 g/mol. The number of esters is 1. The van der Waals surface area contributed by atoms with E-state index in [-0.39, 0.29) is 12.3 Å². The maximum absolute atomic E-state index is 12.7. The molecule has 0 saturated heterocycles. The minimum atomic E-state index is -1.57. The fourth-order valence-corrected chi connectivity index (χ4v) is 3.08. The van der Waals surface area contributed by atoms with Crippen molar-refractivity contribution in [2.24, 2.45) is 4.99 Å². The molecule has 1 heterocycles. The molecular weight excluding hydrogens is 452 g/mol. The molecule has 2 aromatic carbocycles. The number of hydrogen-bond donors (Lipinski definition) is 1. The van der Waals surface area contributed by atoms with Crippen LogP contribution in [-0.2, 0) is 20.0 Å². The fourth-order valence-electron chi connectivity index (χ4n) is 2.55. The molecule has 7 heteroatoms. The van der Waals surface area contributed by atoms with Crippen molar-refractivity contribution >= 4 is 49.4 Å². The van der Waals surface area contributed by atoms with Gasteiger partial charge in [-0.15, -0.1) is 0 Å². The minimum Gasteiger partial charge on any atom is -0.463 e. The van der Waals surface area contributed by atoms with Crippen molar-refractivity contribution < 1.29 is 14.3 Å². The second-order valence-electron chi connectivity index (χ2n) is 5.36. The van der Waals surface area contributed by atoms with Crippen LogP contribution in [0.25, 0.3) is 0 Å². The van der Waals surface area contributed by atoms with Gasteiger partial charge in [-0.2, -0.15) is 0 Å². The third-order valence-electron chi connectivity index (χ3n) is 3.74. The number of nitrogens with zero attached hydrogens (tertiary/aromatic N) is 1. The van der Waals surface area contributed by atoms with Crippen LogP contribution < -0.4 is 5.32 Å². The highest BCUT2D eigenvalue weighted by Crippen LogP contribution is 2.31. The molecule has 0 aromatic heterocycles. The van der Waals surface area contributed by atoms with Crippen LogP contribution in [0.5, 0.6) is 0 Å². The van der Waals surface area contributed by atoms with E-state index in [1.807, 2.05) is 12.1 Å². The molecule has 0 spiro atoms. The number of hydrogen-bond acceptors (Lipinski definition) is 4. The molecule has 5 nitrogen and oxygen atoms in total. The SMILES string of the molecule is CCOC(=O)C1(c2ccc(Br)cc2)N=C(c2ccc(Br)cc2)C(=O)N1. The van der Waals surface area contributed by atoms with E-state index in [9.17, 15) is 9.59 Å². The van der Waals surface area contributed by atoms with Crippen LogP contribution in [0.4, 0.5) is 0 Å². The van der Waals surface area contributed by atoms with Crippen molar-refractivity contribution in [2.75, 3.05) is 6.61 Å². The number of nitrogens with one attached hydrogen (secondary N) is 1. The first-order chi connectivity index (χ1) is 12.0. The lowest BCUT2D eigenvalue weighted by molar-refractivity contribution is -0.152. The highest BCUT2D eigenvalue weighted by Gasteiger charge is 2.49. The number of ether oxygens (including phenoxy) is 1. The van der Waals surface area contributed by atoms with Gasteiger partial charge >= 0.3 is 5.97 Å². The molecule has 1 aliphatic rings. The summed E-state index contributed by atoms with van der Waals surface area (Å²) in [7, 11) is 0. The number of halogens is 2. The van der Waals surface area contributed by atoms with Crippen LogP contribution >= 0.6 is 31.9 Å². The molecule has 0 radical (unpaired) electrons. The standard InChI is InChI=1S/C18H14Br2N2O3/c1-2-25-17(24)18(12-5-9-14(20)10-6-12)21-15(16(23)22-18)11-3-7-13(19)8-4-11/h3-10H,2H2,1H3,(H,22,23). The maximum atomic E-state index is 12.7. The van der Waals surface area contributed by atoms with Crippen LogP contribution in [0.2, 0.25) is 0 Å². The lowest BCUT2D eigenvalue weighted by Crippen LogP contribution is -2.47. The largest absolute Gasteiger partial charge is 0.463 e. The quantitative estimate of drug-likeness (QED) is 0.702. The first-order valence-electron chi connectivity index (χ1n) is 7.58. The number of carbonyl (C=O) groups excluding carboxylic acids is 2. The Morgan fingerprint density at radius 1 is 1.08 bits per heavy atom. The molecule has 128 valence electrons. The zero-order valence-corrected chi connectivity index (χ0v) is 16.4. The van der Waals surface area contributed by atoms with Gasteiger partial charge in [0.25, 0.3) is 11.6 Å². The van der Waals surface area contributed by atoms with E-state index in [0.717, 1.165) is 8.95 Å². The van der Waals surface area contributed by atoms with Gasteiger partial charge in [0.05, 0.1) is 6.61 Å². The van der Waals surface area contributed by atoms with Crippen molar-refractivity contribution in [3.05, 3.63) is 68.6 Å². The highest BCUT2D eigenvalue weighted by atomic mass is 79.9. The van der Waals surface area contributed by atoms with Crippen molar-refractivity contribution in [1.82, 2.24) is 5.32 Å². The van der Waals surface area contributed by atoms with Gasteiger partial charge in [-0.1, -0.05) is 56.1 Å². The Balaban J connectivity index is 2.12. The van der Waals surface area contributed by atoms with Gasteiger partial charge in [0.15, 0.2) is 0 Å². The molecule has 2 aromatic rings. The molecule has 0 fully saturated rings. The molecule has 1 atom stereocenters. The third kappa shape index (κ3) is 3.39. The molecule has 3 rings (SSSR count). The Hall–Kier alpha value is -1.99. The van der Waals surface area contributed by atoms with Gasteiger partial charge in [-0.05, 0) is 31.2 Å². The molecule has 25 heavy (non-hydrogen) atoms. The Morgan fingerprint density at radius 3 is 2.20 bits per heavy atom.